The van der Waals surface area contributed by atoms with Gasteiger partial charge in [0.1, 0.15) is 23.3 Å². The van der Waals surface area contributed by atoms with Crippen molar-refractivity contribution >= 4 is 22.6 Å². The minimum Gasteiger partial charge on any atom is -0.497 e. The molecule has 154 valence electrons. The number of ether oxygens (including phenoxy) is 2. The van der Waals surface area contributed by atoms with E-state index >= 15 is 0 Å². The van der Waals surface area contributed by atoms with E-state index < -0.39 is 10.9 Å². The van der Waals surface area contributed by atoms with Gasteiger partial charge in [0.05, 0.1) is 28.5 Å². The Morgan fingerprint density at radius 2 is 1.65 bits per heavy atom. The summed E-state index contributed by atoms with van der Waals surface area (Å²) in [4.78, 5) is 35.3. The molecule has 0 aliphatic carbocycles. The van der Waals surface area contributed by atoms with Crippen LogP contribution in [0.4, 0.5) is 5.69 Å². The third-order valence-corrected chi connectivity index (χ3v) is 4.67. The van der Waals surface area contributed by atoms with Gasteiger partial charge in [-0.15, -0.1) is 0 Å². The molecule has 0 amide bonds. The molecule has 3 aromatic carbocycles. The Kier molecular flexibility index (Phi) is 5.19. The molecular formula is C23H15NO7. The zero-order valence-electron chi connectivity index (χ0n) is 16.2. The highest BCUT2D eigenvalue weighted by Gasteiger charge is 2.14. The van der Waals surface area contributed by atoms with E-state index in [4.69, 9.17) is 13.9 Å². The van der Waals surface area contributed by atoms with E-state index in [-0.39, 0.29) is 28.0 Å². The lowest BCUT2D eigenvalue weighted by atomic mass is 10.1. The monoisotopic (exact) mass is 417 g/mol. The molecule has 0 aliphatic rings. The van der Waals surface area contributed by atoms with Gasteiger partial charge in [0.15, 0.2) is 5.43 Å². The number of nitro benzene ring substituents is 1. The second-order valence-electron chi connectivity index (χ2n) is 6.56. The molecule has 8 nitrogen and oxygen atoms in total. The van der Waals surface area contributed by atoms with Crippen LogP contribution in [0, 0.1) is 10.1 Å². The summed E-state index contributed by atoms with van der Waals surface area (Å²) in [6.45, 7) is 0. The first-order valence-corrected chi connectivity index (χ1v) is 9.13. The van der Waals surface area contributed by atoms with E-state index in [1.807, 2.05) is 0 Å². The number of nitrogens with zero attached hydrogens (tertiary/aromatic N) is 1. The summed E-state index contributed by atoms with van der Waals surface area (Å²) in [6.07, 6.45) is 1.36. The van der Waals surface area contributed by atoms with Crippen LogP contribution in [0.25, 0.3) is 22.1 Å². The topological polar surface area (TPSA) is 109 Å². The zero-order valence-corrected chi connectivity index (χ0v) is 16.2. The van der Waals surface area contributed by atoms with E-state index in [0.717, 1.165) is 0 Å². The average molecular weight is 417 g/mol. The Bertz CT molecular complexity index is 1340. The molecule has 0 bridgehead atoms. The smallest absolute Gasteiger partial charge is 0.343 e. The van der Waals surface area contributed by atoms with Crippen LogP contribution in [0.3, 0.4) is 0 Å². The van der Waals surface area contributed by atoms with Gasteiger partial charge in [-0.05, 0) is 42.0 Å². The van der Waals surface area contributed by atoms with Crippen molar-refractivity contribution in [1.29, 1.82) is 0 Å². The van der Waals surface area contributed by atoms with Crippen molar-refractivity contribution in [2.24, 2.45) is 0 Å². The average Bonchev–Trinajstić information content (AvgIpc) is 2.79. The fourth-order valence-corrected chi connectivity index (χ4v) is 3.03. The molecule has 0 unspecified atom stereocenters. The number of non-ortho nitro benzene ring substituents is 1. The maximum atomic E-state index is 12.9. The number of hydrogen-bond donors (Lipinski definition) is 0. The molecule has 1 heterocycles. The van der Waals surface area contributed by atoms with Crippen LogP contribution in [0.15, 0.2) is 82.2 Å². The van der Waals surface area contributed by atoms with Crippen molar-refractivity contribution in [1.82, 2.24) is 0 Å². The van der Waals surface area contributed by atoms with Gasteiger partial charge >= 0.3 is 5.97 Å². The molecular weight excluding hydrogens is 402 g/mol. The minimum atomic E-state index is -0.688. The number of esters is 1. The highest BCUT2D eigenvalue weighted by molar-refractivity contribution is 5.92. The highest BCUT2D eigenvalue weighted by atomic mass is 16.6. The second kappa shape index (κ2) is 8.11. The van der Waals surface area contributed by atoms with E-state index in [1.165, 1.54) is 48.7 Å². The molecule has 0 N–H and O–H groups in total. The number of nitro groups is 1. The standard InChI is InChI=1S/C23H15NO7/c1-29-17-8-4-14(5-9-17)20-13-30-21-12-18(10-11-19(21)22(20)25)31-23(26)15-2-6-16(7-3-15)24(27)28/h2-13H,1H3. The van der Waals surface area contributed by atoms with E-state index in [2.05, 4.69) is 0 Å². The van der Waals surface area contributed by atoms with Gasteiger partial charge in [-0.2, -0.15) is 0 Å². The highest BCUT2D eigenvalue weighted by Crippen LogP contribution is 2.25. The molecule has 0 saturated heterocycles. The van der Waals surface area contributed by atoms with Crippen LogP contribution >= 0.6 is 0 Å². The van der Waals surface area contributed by atoms with Crippen molar-refractivity contribution in [3.05, 3.63) is 98.9 Å². The molecule has 0 radical (unpaired) electrons. The Morgan fingerprint density at radius 3 is 2.29 bits per heavy atom. The second-order valence-corrected chi connectivity index (χ2v) is 6.56. The number of fused-ring (bicyclic) bond motifs is 1. The third-order valence-electron chi connectivity index (χ3n) is 4.67. The van der Waals surface area contributed by atoms with Gasteiger partial charge in [-0.3, -0.25) is 14.9 Å². The number of carbonyl (C=O) groups is 1. The fourth-order valence-electron chi connectivity index (χ4n) is 3.03. The summed E-state index contributed by atoms with van der Waals surface area (Å²) >= 11 is 0. The largest absolute Gasteiger partial charge is 0.497 e. The minimum absolute atomic E-state index is 0.128. The molecule has 31 heavy (non-hydrogen) atoms. The molecule has 4 aromatic rings. The molecule has 0 aliphatic heterocycles. The number of hydrogen-bond acceptors (Lipinski definition) is 7. The van der Waals surface area contributed by atoms with Crippen LogP contribution in [0.2, 0.25) is 0 Å². The molecule has 8 heteroatoms. The third kappa shape index (κ3) is 3.99. The van der Waals surface area contributed by atoms with Crippen LogP contribution in [-0.2, 0) is 0 Å². The molecule has 0 saturated carbocycles. The summed E-state index contributed by atoms with van der Waals surface area (Å²) in [6, 6.07) is 16.5. The van der Waals surface area contributed by atoms with Crippen LogP contribution in [-0.4, -0.2) is 18.0 Å². The van der Waals surface area contributed by atoms with Crippen molar-refractivity contribution in [2.45, 2.75) is 0 Å². The number of benzene rings is 3. The Morgan fingerprint density at radius 1 is 0.968 bits per heavy atom. The van der Waals surface area contributed by atoms with E-state index in [1.54, 1.807) is 31.4 Å². The van der Waals surface area contributed by atoms with Crippen LogP contribution in [0.5, 0.6) is 11.5 Å². The summed E-state index contributed by atoms with van der Waals surface area (Å²) < 4.78 is 16.0. The fraction of sp³-hybridized carbons (Fsp3) is 0.0435. The SMILES string of the molecule is COc1ccc(-c2coc3cc(OC(=O)c4ccc([N+](=O)[O-])cc4)ccc3c2=O)cc1. The summed E-state index contributed by atoms with van der Waals surface area (Å²) in [5.74, 6) is 0.163. The van der Waals surface area contributed by atoms with Crippen LogP contribution < -0.4 is 14.9 Å². The van der Waals surface area contributed by atoms with E-state index in [0.29, 0.717) is 22.3 Å². The molecule has 4 rings (SSSR count). The number of rotatable bonds is 5. The van der Waals surface area contributed by atoms with Crippen molar-refractivity contribution in [2.75, 3.05) is 7.11 Å². The number of carbonyl (C=O) groups excluding carboxylic acids is 1. The van der Waals surface area contributed by atoms with Gasteiger partial charge in [-0.25, -0.2) is 4.79 Å². The Balaban J connectivity index is 1.60. The molecule has 0 spiro atoms. The summed E-state index contributed by atoms with van der Waals surface area (Å²) in [7, 11) is 1.56. The van der Waals surface area contributed by atoms with Gasteiger partial charge in [0.25, 0.3) is 5.69 Å². The molecule has 0 fully saturated rings. The Hall–Kier alpha value is -4.46. The maximum absolute atomic E-state index is 12.9. The lowest BCUT2D eigenvalue weighted by Gasteiger charge is -2.07. The van der Waals surface area contributed by atoms with Crippen molar-refractivity contribution < 1.29 is 23.6 Å². The predicted octanol–water partition coefficient (Wildman–Crippen LogP) is 4.60. The first kappa shape index (κ1) is 19.8. The van der Waals surface area contributed by atoms with E-state index in [9.17, 15) is 19.7 Å². The lowest BCUT2D eigenvalue weighted by molar-refractivity contribution is -0.384. The van der Waals surface area contributed by atoms with Gasteiger partial charge in [0.2, 0.25) is 0 Å². The lowest BCUT2D eigenvalue weighted by Crippen LogP contribution is -2.09. The maximum Gasteiger partial charge on any atom is 0.343 e. The number of methoxy groups -OCH3 is 1. The molecule has 1 aromatic heterocycles. The normalized spacial score (nSPS) is 10.6. The summed E-state index contributed by atoms with van der Waals surface area (Å²) in [5, 5.41) is 11.1. The first-order chi connectivity index (χ1) is 15.0. The van der Waals surface area contributed by atoms with Gasteiger partial charge < -0.3 is 13.9 Å². The quantitative estimate of drug-likeness (QED) is 0.202. The van der Waals surface area contributed by atoms with Crippen LogP contribution in [0.1, 0.15) is 10.4 Å². The van der Waals surface area contributed by atoms with Crippen molar-refractivity contribution in [3.63, 3.8) is 0 Å². The predicted molar refractivity (Wildman–Crippen MR) is 113 cm³/mol. The van der Waals surface area contributed by atoms with Gasteiger partial charge in [-0.1, -0.05) is 12.1 Å². The first-order valence-electron chi connectivity index (χ1n) is 9.13. The van der Waals surface area contributed by atoms with Crippen molar-refractivity contribution in [3.8, 4) is 22.6 Å². The van der Waals surface area contributed by atoms with Gasteiger partial charge in [0, 0.05) is 18.2 Å². The molecule has 0 atom stereocenters. The Labute approximate surface area is 175 Å². The zero-order chi connectivity index (χ0) is 22.0. The summed E-state index contributed by atoms with van der Waals surface area (Å²) in [5.41, 5.74) is 1.14.